The van der Waals surface area contributed by atoms with Crippen molar-refractivity contribution in [3.05, 3.63) is 28.5 Å². The second-order valence-corrected chi connectivity index (χ2v) is 6.60. The predicted octanol–water partition coefficient (Wildman–Crippen LogP) is 3.65. The molecule has 2 saturated heterocycles. The fourth-order valence-corrected chi connectivity index (χ4v) is 3.87. The molecule has 2 heterocycles. The Bertz CT molecular complexity index is 465. The lowest BCUT2D eigenvalue weighted by molar-refractivity contribution is 0.115. The molecule has 0 aliphatic carbocycles. The van der Waals surface area contributed by atoms with Crippen LogP contribution in [0, 0.1) is 5.82 Å². The second-order valence-electron chi connectivity index (χ2n) is 5.74. The summed E-state index contributed by atoms with van der Waals surface area (Å²) in [6, 6.07) is 6.05. The Morgan fingerprint density at radius 2 is 2.11 bits per heavy atom. The molecule has 2 aliphatic heterocycles. The molecule has 2 fully saturated rings. The fraction of sp³-hybridized carbons (Fsp3) is 0.600. The number of benzene rings is 1. The van der Waals surface area contributed by atoms with Gasteiger partial charge in [0, 0.05) is 29.6 Å². The Morgan fingerprint density at radius 3 is 2.95 bits per heavy atom. The number of anilines is 1. The predicted molar refractivity (Wildman–Crippen MR) is 80.1 cm³/mol. The van der Waals surface area contributed by atoms with Crippen LogP contribution in [-0.2, 0) is 0 Å². The van der Waals surface area contributed by atoms with E-state index in [1.54, 1.807) is 6.07 Å². The van der Waals surface area contributed by atoms with Crippen LogP contribution in [0.2, 0.25) is 0 Å². The van der Waals surface area contributed by atoms with Crippen LogP contribution in [0.1, 0.15) is 26.2 Å². The van der Waals surface area contributed by atoms with Crippen LogP contribution in [0.15, 0.2) is 22.7 Å². The lowest BCUT2D eigenvalue weighted by atomic mass is 9.96. The summed E-state index contributed by atoms with van der Waals surface area (Å²) >= 11 is 3.56. The number of hydrogen-bond acceptors (Lipinski definition) is 2. The summed E-state index contributed by atoms with van der Waals surface area (Å²) < 4.78 is 14.5. The van der Waals surface area contributed by atoms with Crippen LogP contribution in [0.5, 0.6) is 0 Å². The van der Waals surface area contributed by atoms with E-state index in [0.717, 1.165) is 23.2 Å². The van der Waals surface area contributed by atoms with E-state index in [2.05, 4.69) is 32.7 Å². The molecule has 0 N–H and O–H groups in total. The molecule has 0 bridgehead atoms. The minimum absolute atomic E-state index is 0.156. The van der Waals surface area contributed by atoms with E-state index in [1.165, 1.54) is 31.9 Å². The average molecular weight is 327 g/mol. The molecule has 3 rings (SSSR count). The van der Waals surface area contributed by atoms with Crippen molar-refractivity contribution >= 4 is 21.6 Å². The molecule has 104 valence electrons. The van der Waals surface area contributed by atoms with Crippen LogP contribution in [0.4, 0.5) is 10.1 Å². The molecule has 1 aromatic carbocycles. The van der Waals surface area contributed by atoms with Crippen LogP contribution < -0.4 is 4.90 Å². The first-order chi connectivity index (χ1) is 9.15. The summed E-state index contributed by atoms with van der Waals surface area (Å²) in [4.78, 5) is 4.97. The summed E-state index contributed by atoms with van der Waals surface area (Å²) in [6.07, 6.45) is 3.93. The molecule has 2 nitrogen and oxygen atoms in total. The van der Waals surface area contributed by atoms with Gasteiger partial charge < -0.3 is 4.90 Å². The highest BCUT2D eigenvalue weighted by molar-refractivity contribution is 9.10. The average Bonchev–Trinajstić information content (AvgIpc) is 2.41. The quantitative estimate of drug-likeness (QED) is 0.777. The molecule has 0 radical (unpaired) electrons. The van der Waals surface area contributed by atoms with Gasteiger partial charge in [-0.15, -0.1) is 0 Å². The first-order valence-corrected chi connectivity index (χ1v) is 7.90. The summed E-state index contributed by atoms with van der Waals surface area (Å²) in [5.74, 6) is -0.156. The van der Waals surface area contributed by atoms with Gasteiger partial charge in [0.25, 0.3) is 0 Å². The number of nitrogens with zero attached hydrogens (tertiary/aromatic N) is 2. The normalized spacial score (nSPS) is 28.3. The molecule has 4 heteroatoms. The van der Waals surface area contributed by atoms with Crippen molar-refractivity contribution in [2.45, 2.75) is 38.3 Å². The van der Waals surface area contributed by atoms with Gasteiger partial charge in [0.2, 0.25) is 0 Å². The molecule has 0 amide bonds. The van der Waals surface area contributed by atoms with E-state index in [4.69, 9.17) is 0 Å². The maximum absolute atomic E-state index is 13.5. The third-order valence-electron chi connectivity index (χ3n) is 4.40. The highest BCUT2D eigenvalue weighted by Gasteiger charge is 2.33. The van der Waals surface area contributed by atoms with Gasteiger partial charge in [-0.2, -0.15) is 0 Å². The van der Waals surface area contributed by atoms with E-state index < -0.39 is 0 Å². The Morgan fingerprint density at radius 1 is 1.26 bits per heavy atom. The monoisotopic (exact) mass is 326 g/mol. The van der Waals surface area contributed by atoms with E-state index in [-0.39, 0.29) is 5.82 Å². The molecule has 0 spiro atoms. The van der Waals surface area contributed by atoms with Gasteiger partial charge in [-0.05, 0) is 60.4 Å². The van der Waals surface area contributed by atoms with Gasteiger partial charge in [-0.3, -0.25) is 4.90 Å². The van der Waals surface area contributed by atoms with Crippen LogP contribution in [0.3, 0.4) is 0 Å². The molecule has 19 heavy (non-hydrogen) atoms. The van der Waals surface area contributed by atoms with Gasteiger partial charge >= 0.3 is 0 Å². The van der Waals surface area contributed by atoms with E-state index >= 15 is 0 Å². The van der Waals surface area contributed by atoms with Gasteiger partial charge in [-0.25, -0.2) is 4.39 Å². The first-order valence-electron chi connectivity index (χ1n) is 7.11. The fourth-order valence-electron chi connectivity index (χ4n) is 3.39. The van der Waals surface area contributed by atoms with Gasteiger partial charge in [0.05, 0.1) is 5.69 Å². The Hall–Kier alpha value is -0.610. The molecular weight excluding hydrogens is 307 g/mol. The Kier molecular flexibility index (Phi) is 3.81. The van der Waals surface area contributed by atoms with Crippen molar-refractivity contribution in [3.8, 4) is 0 Å². The van der Waals surface area contributed by atoms with E-state index in [9.17, 15) is 4.39 Å². The van der Waals surface area contributed by atoms with Gasteiger partial charge in [0.1, 0.15) is 5.82 Å². The smallest absolute Gasteiger partial charge is 0.125 e. The molecule has 2 unspecified atom stereocenters. The largest absolute Gasteiger partial charge is 0.365 e. The molecule has 2 aliphatic rings. The number of rotatable bonds is 1. The number of halogens is 2. The van der Waals surface area contributed by atoms with Crippen molar-refractivity contribution in [1.29, 1.82) is 0 Å². The topological polar surface area (TPSA) is 6.48 Å². The third kappa shape index (κ3) is 2.65. The molecule has 2 atom stereocenters. The van der Waals surface area contributed by atoms with Gasteiger partial charge in [0.15, 0.2) is 0 Å². The second kappa shape index (κ2) is 5.41. The minimum Gasteiger partial charge on any atom is -0.365 e. The van der Waals surface area contributed by atoms with Crippen LogP contribution >= 0.6 is 15.9 Å². The van der Waals surface area contributed by atoms with Crippen LogP contribution in [0.25, 0.3) is 0 Å². The van der Waals surface area contributed by atoms with Gasteiger partial charge in [-0.1, -0.05) is 6.42 Å². The number of piperidine rings is 1. The zero-order valence-electron chi connectivity index (χ0n) is 11.3. The summed E-state index contributed by atoms with van der Waals surface area (Å²) in [5, 5.41) is 0. The Labute approximate surface area is 122 Å². The van der Waals surface area contributed by atoms with Crippen molar-refractivity contribution in [3.63, 3.8) is 0 Å². The van der Waals surface area contributed by atoms with Crippen molar-refractivity contribution in [2.24, 2.45) is 0 Å². The van der Waals surface area contributed by atoms with E-state index in [0.29, 0.717) is 12.1 Å². The third-order valence-corrected chi connectivity index (χ3v) is 5.08. The SMILES string of the molecule is CC1CN2CCCCC2CN1c1cc(F)ccc1Br. The maximum atomic E-state index is 13.5. The number of hydrogen-bond donors (Lipinski definition) is 0. The zero-order chi connectivity index (χ0) is 13.4. The molecular formula is C15H20BrFN2. The zero-order valence-corrected chi connectivity index (χ0v) is 12.9. The van der Waals surface area contributed by atoms with E-state index in [1.807, 2.05) is 6.07 Å². The minimum atomic E-state index is -0.156. The number of fused-ring (bicyclic) bond motifs is 1. The summed E-state index contributed by atoms with van der Waals surface area (Å²) in [6.45, 7) is 5.58. The first kappa shape index (κ1) is 13.4. The highest BCUT2D eigenvalue weighted by Crippen LogP contribution is 2.33. The maximum Gasteiger partial charge on any atom is 0.125 e. The molecule has 0 aromatic heterocycles. The standard InChI is InChI=1S/C15H20BrFN2/c1-11-9-18-7-3-2-4-13(18)10-19(11)15-8-12(17)5-6-14(15)16/h5-6,8,11,13H,2-4,7,9-10H2,1H3. The van der Waals surface area contributed by atoms with Crippen LogP contribution in [-0.4, -0.2) is 36.6 Å². The summed E-state index contributed by atoms with van der Waals surface area (Å²) in [5.41, 5.74) is 0.998. The Balaban J connectivity index is 1.85. The van der Waals surface area contributed by atoms with Crippen molar-refractivity contribution in [2.75, 3.05) is 24.5 Å². The van der Waals surface area contributed by atoms with Crippen molar-refractivity contribution < 1.29 is 4.39 Å². The lowest BCUT2D eigenvalue weighted by Crippen LogP contribution is -2.58. The molecule has 0 saturated carbocycles. The lowest BCUT2D eigenvalue weighted by Gasteiger charge is -2.48. The number of piperazine rings is 1. The van der Waals surface area contributed by atoms with Crippen molar-refractivity contribution in [1.82, 2.24) is 4.90 Å². The highest BCUT2D eigenvalue weighted by atomic mass is 79.9. The summed E-state index contributed by atoms with van der Waals surface area (Å²) in [7, 11) is 0. The molecule has 1 aromatic rings.